The molecule has 0 spiro atoms. The zero-order chi connectivity index (χ0) is 14.0. The lowest BCUT2D eigenvalue weighted by atomic mass is 10.1. The van der Waals surface area contributed by atoms with Crippen LogP contribution in [0.3, 0.4) is 0 Å². The Kier molecular flexibility index (Phi) is 4.01. The standard InChI is InChI=1S/C12H14ClN3O3/c13-11-4-3-8(16(18)19)6-10(11)12(17)15-5-1-2-9(15)7-14/h3-4,6,9H,1-2,5,7,14H2. The minimum absolute atomic E-state index is 0.0113. The number of hydrogen-bond acceptors (Lipinski definition) is 4. The molecule has 0 radical (unpaired) electrons. The molecule has 1 fully saturated rings. The third-order valence-corrected chi connectivity index (χ3v) is 3.63. The van der Waals surface area contributed by atoms with Gasteiger partial charge in [0.15, 0.2) is 0 Å². The van der Waals surface area contributed by atoms with Crippen molar-refractivity contribution < 1.29 is 9.72 Å². The normalized spacial score (nSPS) is 18.6. The number of hydrogen-bond donors (Lipinski definition) is 1. The molecule has 7 heteroatoms. The van der Waals surface area contributed by atoms with Gasteiger partial charge in [0.05, 0.1) is 15.5 Å². The Bertz CT molecular complexity index is 521. The number of nitro benzene ring substituents is 1. The smallest absolute Gasteiger partial charge is 0.270 e. The Morgan fingerprint density at radius 1 is 1.58 bits per heavy atom. The molecule has 1 atom stereocenters. The van der Waals surface area contributed by atoms with Crippen molar-refractivity contribution in [1.29, 1.82) is 0 Å². The number of nitrogens with two attached hydrogens (primary N) is 1. The van der Waals surface area contributed by atoms with Gasteiger partial charge in [0.2, 0.25) is 0 Å². The summed E-state index contributed by atoms with van der Waals surface area (Å²) in [6, 6.07) is 3.86. The van der Waals surface area contributed by atoms with Gasteiger partial charge in [-0.15, -0.1) is 0 Å². The first-order valence-electron chi connectivity index (χ1n) is 5.99. The fraction of sp³-hybridized carbons (Fsp3) is 0.417. The van der Waals surface area contributed by atoms with Gasteiger partial charge in [-0.1, -0.05) is 11.6 Å². The van der Waals surface area contributed by atoms with Crippen molar-refractivity contribution in [2.24, 2.45) is 5.73 Å². The van der Waals surface area contributed by atoms with Gasteiger partial charge >= 0.3 is 0 Å². The fourth-order valence-electron chi connectivity index (χ4n) is 2.29. The number of carbonyl (C=O) groups is 1. The Morgan fingerprint density at radius 3 is 2.95 bits per heavy atom. The lowest BCUT2D eigenvalue weighted by molar-refractivity contribution is -0.384. The summed E-state index contributed by atoms with van der Waals surface area (Å²) < 4.78 is 0. The highest BCUT2D eigenvalue weighted by Gasteiger charge is 2.30. The van der Waals surface area contributed by atoms with Crippen LogP contribution in [-0.2, 0) is 0 Å². The van der Waals surface area contributed by atoms with Crippen molar-refractivity contribution >= 4 is 23.2 Å². The van der Waals surface area contributed by atoms with Gasteiger partial charge < -0.3 is 10.6 Å². The highest BCUT2D eigenvalue weighted by molar-refractivity contribution is 6.33. The number of benzene rings is 1. The third-order valence-electron chi connectivity index (χ3n) is 3.30. The van der Waals surface area contributed by atoms with Crippen molar-refractivity contribution in [3.05, 3.63) is 38.9 Å². The van der Waals surface area contributed by atoms with Crippen molar-refractivity contribution in [1.82, 2.24) is 4.90 Å². The number of halogens is 1. The van der Waals surface area contributed by atoms with Crippen molar-refractivity contribution in [2.75, 3.05) is 13.1 Å². The van der Waals surface area contributed by atoms with Gasteiger partial charge in [0.1, 0.15) is 0 Å². The zero-order valence-electron chi connectivity index (χ0n) is 10.2. The Morgan fingerprint density at radius 2 is 2.32 bits per heavy atom. The van der Waals surface area contributed by atoms with Crippen LogP contribution in [0.5, 0.6) is 0 Å². The highest BCUT2D eigenvalue weighted by atomic mass is 35.5. The van der Waals surface area contributed by atoms with Gasteiger partial charge in [-0.05, 0) is 18.9 Å². The summed E-state index contributed by atoms with van der Waals surface area (Å²) in [4.78, 5) is 24.2. The molecule has 1 aliphatic rings. The van der Waals surface area contributed by atoms with E-state index in [-0.39, 0.29) is 28.2 Å². The van der Waals surface area contributed by atoms with Crippen LogP contribution in [0.15, 0.2) is 18.2 Å². The molecule has 0 aromatic heterocycles. The van der Waals surface area contributed by atoms with Crippen molar-refractivity contribution in [3.8, 4) is 0 Å². The minimum Gasteiger partial charge on any atom is -0.334 e. The quantitative estimate of drug-likeness (QED) is 0.677. The van der Waals surface area contributed by atoms with Gasteiger partial charge in [0.25, 0.3) is 11.6 Å². The number of rotatable bonds is 3. The minimum atomic E-state index is -0.544. The van der Waals surface area contributed by atoms with Crippen LogP contribution >= 0.6 is 11.6 Å². The Hall–Kier alpha value is -1.66. The van der Waals surface area contributed by atoms with Crippen LogP contribution in [0.4, 0.5) is 5.69 Å². The van der Waals surface area contributed by atoms with Crippen LogP contribution in [0.25, 0.3) is 0 Å². The number of likely N-dealkylation sites (tertiary alicyclic amines) is 1. The maximum Gasteiger partial charge on any atom is 0.270 e. The fourth-order valence-corrected chi connectivity index (χ4v) is 2.49. The van der Waals surface area contributed by atoms with Crippen LogP contribution in [0, 0.1) is 10.1 Å². The molecule has 0 aliphatic carbocycles. The predicted molar refractivity (Wildman–Crippen MR) is 71.2 cm³/mol. The van der Waals surface area contributed by atoms with Gasteiger partial charge in [0, 0.05) is 31.3 Å². The summed E-state index contributed by atoms with van der Waals surface area (Å²) in [7, 11) is 0. The second kappa shape index (κ2) is 5.54. The second-order valence-corrected chi connectivity index (χ2v) is 4.86. The van der Waals surface area contributed by atoms with E-state index < -0.39 is 4.92 Å². The lowest BCUT2D eigenvalue weighted by Gasteiger charge is -2.23. The first-order valence-corrected chi connectivity index (χ1v) is 6.37. The molecule has 1 aromatic rings. The molecule has 6 nitrogen and oxygen atoms in total. The van der Waals surface area contributed by atoms with Gasteiger partial charge in [-0.3, -0.25) is 14.9 Å². The Balaban J connectivity index is 2.32. The van der Waals surface area contributed by atoms with E-state index in [0.717, 1.165) is 12.8 Å². The van der Waals surface area contributed by atoms with E-state index in [9.17, 15) is 14.9 Å². The SMILES string of the molecule is NCC1CCCN1C(=O)c1cc([N+](=O)[O-])ccc1Cl. The highest BCUT2D eigenvalue weighted by Crippen LogP contribution is 2.26. The molecule has 1 unspecified atom stereocenters. The van der Waals surface area contributed by atoms with E-state index in [2.05, 4.69) is 0 Å². The Labute approximate surface area is 115 Å². The summed E-state index contributed by atoms with van der Waals surface area (Å²) in [6.45, 7) is 0.998. The number of carbonyl (C=O) groups excluding carboxylic acids is 1. The first kappa shape index (κ1) is 13.8. The third kappa shape index (κ3) is 2.69. The molecule has 1 amide bonds. The summed E-state index contributed by atoms with van der Waals surface area (Å²) in [6.07, 6.45) is 1.74. The monoisotopic (exact) mass is 283 g/mol. The zero-order valence-corrected chi connectivity index (χ0v) is 11.0. The summed E-state index contributed by atoms with van der Waals surface area (Å²) >= 11 is 5.96. The van der Waals surface area contributed by atoms with E-state index in [1.54, 1.807) is 4.90 Å². The molecule has 1 heterocycles. The molecule has 0 saturated carbocycles. The largest absolute Gasteiger partial charge is 0.334 e. The van der Waals surface area contributed by atoms with Gasteiger partial charge in [-0.25, -0.2) is 0 Å². The number of non-ortho nitro benzene ring substituents is 1. The van der Waals surface area contributed by atoms with Crippen LogP contribution in [0.1, 0.15) is 23.2 Å². The summed E-state index contributed by atoms with van der Waals surface area (Å²) in [5.74, 6) is -0.290. The molecule has 1 aromatic carbocycles. The number of nitro groups is 1. The lowest BCUT2D eigenvalue weighted by Crippen LogP contribution is -2.40. The molecule has 2 N–H and O–H groups in total. The molecule has 2 rings (SSSR count). The maximum absolute atomic E-state index is 12.4. The van der Waals surface area contributed by atoms with E-state index in [1.807, 2.05) is 0 Å². The summed E-state index contributed by atoms with van der Waals surface area (Å²) in [5.41, 5.74) is 5.64. The molecular weight excluding hydrogens is 270 g/mol. The maximum atomic E-state index is 12.4. The average Bonchev–Trinajstić information content (AvgIpc) is 2.86. The van der Waals surface area contributed by atoms with E-state index in [1.165, 1.54) is 18.2 Å². The van der Waals surface area contributed by atoms with E-state index in [4.69, 9.17) is 17.3 Å². The van der Waals surface area contributed by atoms with Crippen LogP contribution in [-0.4, -0.2) is 34.9 Å². The van der Waals surface area contributed by atoms with E-state index >= 15 is 0 Å². The topological polar surface area (TPSA) is 89.5 Å². The molecule has 102 valence electrons. The number of amides is 1. The molecule has 1 saturated heterocycles. The summed E-state index contributed by atoms with van der Waals surface area (Å²) in [5, 5.41) is 11.0. The average molecular weight is 284 g/mol. The van der Waals surface area contributed by atoms with Crippen LogP contribution in [0.2, 0.25) is 5.02 Å². The molecular formula is C12H14ClN3O3. The molecule has 19 heavy (non-hydrogen) atoms. The first-order chi connectivity index (χ1) is 9.04. The molecule has 1 aliphatic heterocycles. The van der Waals surface area contributed by atoms with Gasteiger partial charge in [-0.2, -0.15) is 0 Å². The van der Waals surface area contributed by atoms with Crippen molar-refractivity contribution in [3.63, 3.8) is 0 Å². The van der Waals surface area contributed by atoms with E-state index in [0.29, 0.717) is 13.1 Å². The predicted octanol–water partition coefficient (Wildman–Crippen LogP) is 1.81. The van der Waals surface area contributed by atoms with Crippen molar-refractivity contribution in [2.45, 2.75) is 18.9 Å². The molecule has 0 bridgehead atoms. The van der Waals surface area contributed by atoms with Crippen LogP contribution < -0.4 is 5.73 Å². The second-order valence-electron chi connectivity index (χ2n) is 4.45. The number of nitrogens with zero attached hydrogens (tertiary/aromatic N) is 2.